The first-order valence-electron chi connectivity index (χ1n) is 4.56. The Balaban J connectivity index is -0.000000562. The van der Waals surface area contributed by atoms with E-state index in [4.69, 9.17) is 4.74 Å². The summed E-state index contributed by atoms with van der Waals surface area (Å²) >= 11 is 0. The molecule has 0 radical (unpaired) electrons. The quantitative estimate of drug-likeness (QED) is 0.419. The van der Waals surface area contributed by atoms with Crippen molar-refractivity contribution in [3.05, 3.63) is 60.2 Å². The maximum atomic E-state index is 5.64. The van der Waals surface area contributed by atoms with E-state index in [1.807, 2.05) is 55.5 Å². The fourth-order valence-corrected chi connectivity index (χ4v) is 1.25. The standard InChI is InChI=1S/C13H11O.4U/c1-11-6-5-9-13(10-11)14-12-7-3-2-4-8-12;;;;/h2-5,7-10H,1H3;;;;/q-1;;;;. The van der Waals surface area contributed by atoms with E-state index < -0.39 is 0 Å². The second-order valence-electron chi connectivity index (χ2n) is 3.12. The van der Waals surface area contributed by atoms with Crippen LogP contribution in [0.4, 0.5) is 0 Å². The van der Waals surface area contributed by atoms with Crippen molar-refractivity contribution in [1.82, 2.24) is 0 Å². The molecule has 0 saturated carbocycles. The van der Waals surface area contributed by atoms with E-state index in [0.29, 0.717) is 0 Å². The molecule has 0 spiro atoms. The van der Waals surface area contributed by atoms with Gasteiger partial charge in [-0.2, -0.15) is 17.7 Å². The van der Waals surface area contributed by atoms with E-state index >= 15 is 0 Å². The predicted molar refractivity (Wildman–Crippen MR) is 56.5 cm³/mol. The Morgan fingerprint density at radius 2 is 1.44 bits per heavy atom. The average molecular weight is 1140 g/mol. The number of aryl methyl sites for hydroxylation is 1. The SMILES string of the molecule is Cc1[c-]ccc(Oc2ccccc2)c1.[U].[U].[U].[U]. The van der Waals surface area contributed by atoms with Crippen molar-refractivity contribution in [2.24, 2.45) is 0 Å². The van der Waals surface area contributed by atoms with Crippen molar-refractivity contribution in [1.29, 1.82) is 0 Å². The van der Waals surface area contributed by atoms with Gasteiger partial charge in [0.1, 0.15) is 5.75 Å². The summed E-state index contributed by atoms with van der Waals surface area (Å²) in [5.74, 6) is 1.71. The Bertz CT molecular complexity index is 420. The molecule has 1 nitrogen and oxygen atoms in total. The Morgan fingerprint density at radius 3 is 2.00 bits per heavy atom. The number of rotatable bonds is 2. The Labute approximate surface area is 203 Å². The minimum atomic E-state index is 0. The van der Waals surface area contributed by atoms with Crippen LogP contribution in [0.3, 0.4) is 0 Å². The summed E-state index contributed by atoms with van der Waals surface area (Å²) in [4.78, 5) is 0. The number of hydrogen-bond acceptors (Lipinski definition) is 1. The van der Waals surface area contributed by atoms with Gasteiger partial charge in [-0.05, 0) is 12.1 Å². The van der Waals surface area contributed by atoms with Gasteiger partial charge in [0.25, 0.3) is 0 Å². The topological polar surface area (TPSA) is 9.23 Å². The molecule has 0 atom stereocenters. The molecule has 0 aromatic heterocycles. The first-order chi connectivity index (χ1) is 6.84. The number of benzene rings is 2. The van der Waals surface area contributed by atoms with Crippen molar-refractivity contribution in [3.8, 4) is 11.5 Å². The van der Waals surface area contributed by atoms with Crippen molar-refractivity contribution in [2.75, 3.05) is 0 Å². The van der Waals surface area contributed by atoms with Crippen LogP contribution in [0.5, 0.6) is 11.5 Å². The van der Waals surface area contributed by atoms with Crippen LogP contribution in [0.15, 0.2) is 48.5 Å². The maximum Gasteiger partial charge on any atom is 0.124 e. The first-order valence-corrected chi connectivity index (χ1v) is 4.56. The Hall–Kier alpha value is 2.45. The van der Waals surface area contributed by atoms with E-state index in [-0.39, 0.29) is 124 Å². The van der Waals surface area contributed by atoms with Crippen molar-refractivity contribution in [2.45, 2.75) is 6.92 Å². The molecule has 2 rings (SSSR count). The fourth-order valence-electron chi connectivity index (χ4n) is 1.25. The summed E-state index contributed by atoms with van der Waals surface area (Å²) in [6, 6.07) is 18.6. The minimum absolute atomic E-state index is 0. The summed E-state index contributed by atoms with van der Waals surface area (Å²) in [6.07, 6.45) is 0. The molecular formula is C13H11OU4-. The maximum absolute atomic E-state index is 5.64. The second-order valence-corrected chi connectivity index (χ2v) is 3.12. The molecule has 86 valence electrons. The number of hydrogen-bond donors (Lipinski definition) is 0. The van der Waals surface area contributed by atoms with E-state index in [0.717, 1.165) is 17.1 Å². The third-order valence-electron chi connectivity index (χ3n) is 1.90. The molecule has 5 heteroatoms. The van der Waals surface area contributed by atoms with Gasteiger partial charge in [0.05, 0.1) is 0 Å². The molecule has 0 fully saturated rings. The zero-order chi connectivity index (χ0) is 9.80. The van der Waals surface area contributed by atoms with Gasteiger partial charge in [0.15, 0.2) is 0 Å². The summed E-state index contributed by atoms with van der Waals surface area (Å²) in [6.45, 7) is 2.00. The normalized spacial score (nSPS) is 7.61. The van der Waals surface area contributed by atoms with Gasteiger partial charge < -0.3 is 4.74 Å². The summed E-state index contributed by atoms with van der Waals surface area (Å²) in [5.41, 5.74) is 1.08. The molecular weight excluding hydrogens is 1120 g/mol. The van der Waals surface area contributed by atoms with Gasteiger partial charge in [0.2, 0.25) is 0 Å². The molecule has 2 aromatic carbocycles. The van der Waals surface area contributed by atoms with Crippen LogP contribution in [0.2, 0.25) is 0 Å². The molecule has 0 amide bonds. The summed E-state index contributed by atoms with van der Waals surface area (Å²) in [5, 5.41) is 0. The van der Waals surface area contributed by atoms with Gasteiger partial charge in [0, 0.05) is 130 Å². The third kappa shape index (κ3) is 9.40. The Morgan fingerprint density at radius 1 is 0.833 bits per heavy atom. The van der Waals surface area contributed by atoms with Gasteiger partial charge in [-0.25, -0.2) is 0 Å². The fraction of sp³-hybridized carbons (Fsp3) is 0.0769. The molecule has 0 heterocycles. The molecule has 0 aliphatic heterocycles. The summed E-state index contributed by atoms with van der Waals surface area (Å²) < 4.78 is 5.64. The minimum Gasteiger partial charge on any atom is -0.483 e. The smallest absolute Gasteiger partial charge is 0.124 e. The van der Waals surface area contributed by atoms with Crippen LogP contribution in [-0.4, -0.2) is 0 Å². The number of ether oxygens (including phenoxy) is 1. The van der Waals surface area contributed by atoms with E-state index in [1.165, 1.54) is 0 Å². The zero-order valence-electron chi connectivity index (χ0n) is 10.0. The first kappa shape index (κ1) is 25.4. The van der Waals surface area contributed by atoms with Crippen molar-refractivity contribution < 1.29 is 129 Å². The van der Waals surface area contributed by atoms with Gasteiger partial charge in [-0.1, -0.05) is 25.1 Å². The van der Waals surface area contributed by atoms with E-state index in [1.54, 1.807) is 0 Å². The molecule has 0 aliphatic carbocycles. The molecule has 2 aromatic rings. The van der Waals surface area contributed by atoms with Crippen LogP contribution in [0, 0.1) is 137 Å². The zero-order valence-corrected chi connectivity index (χ0v) is 26.7. The van der Waals surface area contributed by atoms with E-state index in [2.05, 4.69) is 6.07 Å². The largest absolute Gasteiger partial charge is 0.483 e. The van der Waals surface area contributed by atoms with Gasteiger partial charge in [-0.3, -0.25) is 0 Å². The molecule has 18 heavy (non-hydrogen) atoms. The monoisotopic (exact) mass is 1140 g/mol. The van der Waals surface area contributed by atoms with Crippen LogP contribution in [0.1, 0.15) is 5.56 Å². The molecule has 0 unspecified atom stereocenters. The van der Waals surface area contributed by atoms with Crippen molar-refractivity contribution in [3.63, 3.8) is 0 Å². The molecule has 0 saturated heterocycles. The number of para-hydroxylation sites is 1. The van der Waals surface area contributed by atoms with Gasteiger partial charge in [-0.15, -0.1) is 12.1 Å². The molecule has 0 N–H and O–H groups in total. The van der Waals surface area contributed by atoms with Crippen LogP contribution in [-0.2, 0) is 0 Å². The molecule has 0 bridgehead atoms. The Kier molecular flexibility index (Phi) is 20.3. The van der Waals surface area contributed by atoms with Crippen LogP contribution < -0.4 is 4.74 Å². The van der Waals surface area contributed by atoms with Crippen LogP contribution in [0.25, 0.3) is 0 Å². The second kappa shape index (κ2) is 14.4. The average Bonchev–Trinajstić information content (AvgIpc) is 2.19. The summed E-state index contributed by atoms with van der Waals surface area (Å²) in [7, 11) is 0. The van der Waals surface area contributed by atoms with E-state index in [9.17, 15) is 0 Å². The van der Waals surface area contributed by atoms with Gasteiger partial charge >= 0.3 is 0 Å². The third-order valence-corrected chi connectivity index (χ3v) is 1.90. The van der Waals surface area contributed by atoms with Crippen LogP contribution >= 0.6 is 0 Å². The van der Waals surface area contributed by atoms with Crippen molar-refractivity contribution >= 4 is 0 Å². The molecule has 0 aliphatic rings. The predicted octanol–water partition coefficient (Wildman–Crippen LogP) is 3.59.